The van der Waals surface area contributed by atoms with Crippen LogP contribution in [0.25, 0.3) is 5.57 Å². The zero-order valence-electron chi connectivity index (χ0n) is 7.75. The Morgan fingerprint density at radius 1 is 1.00 bits per heavy atom. The van der Waals surface area contributed by atoms with Crippen LogP contribution in [0, 0.1) is 6.42 Å². The highest BCUT2D eigenvalue weighted by atomic mass is 35.5. The Bertz CT molecular complexity index is 432. The average molecular weight is 259 g/mol. The average Bonchev–Trinajstić information content (AvgIpc) is 2.20. The molecule has 1 aliphatic rings. The first-order chi connectivity index (χ1) is 7.18. The van der Waals surface area contributed by atoms with Crippen LogP contribution >= 0.6 is 34.8 Å². The summed E-state index contributed by atoms with van der Waals surface area (Å²) in [7, 11) is 0. The maximum absolute atomic E-state index is 6.18. The number of benzene rings is 1. The van der Waals surface area contributed by atoms with Crippen LogP contribution in [0.1, 0.15) is 5.56 Å². The van der Waals surface area contributed by atoms with Crippen molar-refractivity contribution in [1.82, 2.24) is 0 Å². The SMILES string of the molecule is ClC1=CC=C(c2ccccc2Cl)C(Cl)[CH]1. The van der Waals surface area contributed by atoms with E-state index in [4.69, 9.17) is 34.8 Å². The van der Waals surface area contributed by atoms with E-state index in [2.05, 4.69) is 0 Å². The predicted octanol–water partition coefficient (Wildman–Crippen LogP) is 4.67. The fourth-order valence-corrected chi connectivity index (χ4v) is 2.30. The second-order valence-electron chi connectivity index (χ2n) is 3.22. The molecule has 0 spiro atoms. The van der Waals surface area contributed by atoms with Crippen molar-refractivity contribution < 1.29 is 0 Å². The van der Waals surface area contributed by atoms with Crippen molar-refractivity contribution in [3.63, 3.8) is 0 Å². The second kappa shape index (κ2) is 4.61. The van der Waals surface area contributed by atoms with E-state index in [1.54, 1.807) is 6.42 Å². The van der Waals surface area contributed by atoms with Gasteiger partial charge in [-0.25, -0.2) is 0 Å². The van der Waals surface area contributed by atoms with Crippen LogP contribution in [0.2, 0.25) is 5.02 Å². The van der Waals surface area contributed by atoms with Gasteiger partial charge in [-0.1, -0.05) is 47.5 Å². The Morgan fingerprint density at radius 2 is 1.73 bits per heavy atom. The fraction of sp³-hybridized carbons (Fsp3) is 0.0833. The highest BCUT2D eigenvalue weighted by molar-refractivity contribution is 6.36. The molecule has 0 N–H and O–H groups in total. The molecule has 0 bridgehead atoms. The quantitative estimate of drug-likeness (QED) is 0.642. The fourth-order valence-electron chi connectivity index (χ4n) is 1.48. The second-order valence-corrected chi connectivity index (χ2v) is 4.54. The molecule has 0 saturated heterocycles. The molecular formula is C12H8Cl3. The molecule has 1 aromatic rings. The molecule has 1 unspecified atom stereocenters. The van der Waals surface area contributed by atoms with Gasteiger partial charge in [0.05, 0.1) is 5.38 Å². The Hall–Kier alpha value is -0.430. The van der Waals surface area contributed by atoms with Gasteiger partial charge in [-0.3, -0.25) is 0 Å². The molecule has 2 rings (SSSR count). The van der Waals surface area contributed by atoms with Crippen molar-refractivity contribution in [2.24, 2.45) is 0 Å². The third-order valence-electron chi connectivity index (χ3n) is 2.21. The number of rotatable bonds is 1. The summed E-state index contributed by atoms with van der Waals surface area (Å²) in [4.78, 5) is 0. The molecule has 77 valence electrons. The smallest absolute Gasteiger partial charge is 0.0675 e. The van der Waals surface area contributed by atoms with Crippen LogP contribution < -0.4 is 0 Å². The summed E-state index contributed by atoms with van der Waals surface area (Å²) in [5.74, 6) is 0. The minimum Gasteiger partial charge on any atom is -0.117 e. The molecule has 15 heavy (non-hydrogen) atoms. The van der Waals surface area contributed by atoms with Gasteiger partial charge in [0.1, 0.15) is 0 Å². The third kappa shape index (κ3) is 2.39. The van der Waals surface area contributed by atoms with E-state index in [9.17, 15) is 0 Å². The number of halogens is 3. The predicted molar refractivity (Wildman–Crippen MR) is 67.3 cm³/mol. The lowest BCUT2D eigenvalue weighted by molar-refractivity contribution is 1.27. The maximum atomic E-state index is 6.18. The van der Waals surface area contributed by atoms with Gasteiger partial charge in [0.2, 0.25) is 0 Å². The van der Waals surface area contributed by atoms with Crippen LogP contribution in [0.3, 0.4) is 0 Å². The van der Waals surface area contributed by atoms with Crippen molar-refractivity contribution in [3.05, 3.63) is 58.5 Å². The molecule has 3 heteroatoms. The lowest BCUT2D eigenvalue weighted by Crippen LogP contribution is -2.07. The molecule has 1 radical (unpaired) electrons. The van der Waals surface area contributed by atoms with E-state index >= 15 is 0 Å². The van der Waals surface area contributed by atoms with Crippen LogP contribution in [0.15, 0.2) is 41.4 Å². The first-order valence-electron chi connectivity index (χ1n) is 4.49. The van der Waals surface area contributed by atoms with Crippen molar-refractivity contribution in [2.75, 3.05) is 0 Å². The highest BCUT2D eigenvalue weighted by Crippen LogP contribution is 2.34. The summed E-state index contributed by atoms with van der Waals surface area (Å²) >= 11 is 18.1. The lowest BCUT2D eigenvalue weighted by atomic mass is 9.97. The van der Waals surface area contributed by atoms with Crippen molar-refractivity contribution in [2.45, 2.75) is 5.38 Å². The van der Waals surface area contributed by atoms with Gasteiger partial charge in [-0.15, -0.1) is 11.6 Å². The van der Waals surface area contributed by atoms with Crippen LogP contribution in [-0.2, 0) is 0 Å². The first-order valence-corrected chi connectivity index (χ1v) is 5.69. The van der Waals surface area contributed by atoms with Crippen molar-refractivity contribution in [3.8, 4) is 0 Å². The van der Waals surface area contributed by atoms with E-state index in [1.807, 2.05) is 36.4 Å². The summed E-state index contributed by atoms with van der Waals surface area (Å²) in [6, 6.07) is 7.63. The van der Waals surface area contributed by atoms with Gasteiger partial charge in [0, 0.05) is 16.5 Å². The number of allylic oxidation sites excluding steroid dienone is 4. The normalized spacial score (nSPS) is 20.9. The maximum Gasteiger partial charge on any atom is 0.0675 e. The largest absolute Gasteiger partial charge is 0.117 e. The Morgan fingerprint density at radius 3 is 2.40 bits per heavy atom. The number of hydrogen-bond acceptors (Lipinski definition) is 0. The highest BCUT2D eigenvalue weighted by Gasteiger charge is 2.19. The molecular weight excluding hydrogens is 250 g/mol. The van der Waals surface area contributed by atoms with Crippen molar-refractivity contribution >= 4 is 40.4 Å². The Kier molecular flexibility index (Phi) is 3.40. The Labute approximate surface area is 104 Å². The summed E-state index contributed by atoms with van der Waals surface area (Å²) in [6.45, 7) is 0. The standard InChI is InChI=1S/C12H8Cl3/c13-8-5-6-10(12(15)7-8)9-3-1-2-4-11(9)14/h1-7,12H. The third-order valence-corrected chi connectivity index (χ3v) is 3.15. The topological polar surface area (TPSA) is 0 Å². The van der Waals surface area contributed by atoms with E-state index in [0.717, 1.165) is 11.1 Å². The zero-order valence-corrected chi connectivity index (χ0v) is 10.0. The first kappa shape index (κ1) is 11.1. The van der Waals surface area contributed by atoms with Crippen LogP contribution in [0.4, 0.5) is 0 Å². The molecule has 1 aliphatic carbocycles. The molecule has 0 aliphatic heterocycles. The Balaban J connectivity index is 2.44. The van der Waals surface area contributed by atoms with Crippen LogP contribution in [-0.4, -0.2) is 5.38 Å². The monoisotopic (exact) mass is 257 g/mol. The summed E-state index contributed by atoms with van der Waals surface area (Å²) in [6.07, 6.45) is 5.52. The molecule has 1 aromatic carbocycles. The number of hydrogen-bond donors (Lipinski definition) is 0. The van der Waals surface area contributed by atoms with Crippen LogP contribution in [0.5, 0.6) is 0 Å². The minimum absolute atomic E-state index is 0.220. The molecule has 0 saturated carbocycles. The minimum atomic E-state index is -0.220. The van der Waals surface area contributed by atoms with Gasteiger partial charge >= 0.3 is 0 Å². The molecule has 0 fully saturated rings. The molecule has 1 atom stereocenters. The summed E-state index contributed by atoms with van der Waals surface area (Å²) in [5.41, 5.74) is 1.93. The van der Waals surface area contributed by atoms with E-state index < -0.39 is 0 Å². The molecule has 0 amide bonds. The van der Waals surface area contributed by atoms with Gasteiger partial charge in [-0.05, 0) is 23.3 Å². The van der Waals surface area contributed by atoms with Crippen molar-refractivity contribution in [1.29, 1.82) is 0 Å². The molecule has 0 heterocycles. The summed E-state index contributed by atoms with van der Waals surface area (Å²) in [5, 5.41) is 1.14. The van der Waals surface area contributed by atoms with Gasteiger partial charge < -0.3 is 0 Å². The van der Waals surface area contributed by atoms with E-state index in [1.165, 1.54) is 0 Å². The number of alkyl halides is 1. The van der Waals surface area contributed by atoms with Gasteiger partial charge in [0.25, 0.3) is 0 Å². The lowest BCUT2D eigenvalue weighted by Gasteiger charge is -2.18. The van der Waals surface area contributed by atoms with Gasteiger partial charge in [0.15, 0.2) is 0 Å². The van der Waals surface area contributed by atoms with Gasteiger partial charge in [-0.2, -0.15) is 0 Å². The summed E-state index contributed by atoms with van der Waals surface area (Å²) < 4.78 is 0. The molecule has 0 aromatic heterocycles. The molecule has 0 nitrogen and oxygen atoms in total. The van der Waals surface area contributed by atoms with E-state index in [-0.39, 0.29) is 5.38 Å². The van der Waals surface area contributed by atoms with E-state index in [0.29, 0.717) is 10.1 Å². The zero-order chi connectivity index (χ0) is 10.8.